The number of aromatic nitrogens is 1. The molecule has 3 rings (SSSR count). The van der Waals surface area contributed by atoms with E-state index in [-0.39, 0.29) is 11.5 Å². The topological polar surface area (TPSA) is 62.7 Å². The second kappa shape index (κ2) is 6.25. The molecule has 2 aliphatic rings. The summed E-state index contributed by atoms with van der Waals surface area (Å²) in [6.07, 6.45) is 4.01. The maximum atomic E-state index is 12.3. The molecule has 24 heavy (non-hydrogen) atoms. The van der Waals surface area contributed by atoms with Crippen molar-refractivity contribution in [3.05, 3.63) is 15.0 Å². The lowest BCUT2D eigenvalue weighted by atomic mass is 9.68. The van der Waals surface area contributed by atoms with E-state index in [0.717, 1.165) is 42.0 Å². The number of nitrogens with zero attached hydrogens (tertiary/aromatic N) is 2. The Kier molecular flexibility index (Phi) is 4.73. The molecule has 1 N–H and O–H groups in total. The second-order valence-electron chi connectivity index (χ2n) is 8.16. The van der Waals surface area contributed by atoms with Crippen LogP contribution in [0.25, 0.3) is 0 Å². The molecule has 0 bridgehead atoms. The number of hydrogen-bond acceptors (Lipinski definition) is 5. The first-order valence-corrected chi connectivity index (χ1v) is 10.1. The highest BCUT2D eigenvalue weighted by Gasteiger charge is 2.48. The van der Waals surface area contributed by atoms with Gasteiger partial charge in [-0.15, -0.1) is 11.3 Å². The van der Waals surface area contributed by atoms with Crippen molar-refractivity contribution in [3.8, 4) is 0 Å². The van der Waals surface area contributed by atoms with Gasteiger partial charge in [-0.25, -0.2) is 9.78 Å². The minimum Gasteiger partial charge on any atom is -0.444 e. The van der Waals surface area contributed by atoms with Crippen LogP contribution in [-0.4, -0.2) is 39.8 Å². The summed E-state index contributed by atoms with van der Waals surface area (Å²) in [6.45, 7) is 7.16. The van der Waals surface area contributed by atoms with E-state index in [1.54, 1.807) is 0 Å². The molecule has 1 aliphatic carbocycles. The molecule has 0 aromatic carbocycles. The van der Waals surface area contributed by atoms with Crippen LogP contribution >= 0.6 is 27.3 Å². The van der Waals surface area contributed by atoms with Crippen LogP contribution in [0.3, 0.4) is 0 Å². The highest BCUT2D eigenvalue weighted by Crippen LogP contribution is 2.50. The normalized spacial score (nSPS) is 30.8. The number of rotatable bonds is 1. The first-order chi connectivity index (χ1) is 11.1. The van der Waals surface area contributed by atoms with E-state index in [4.69, 9.17) is 4.74 Å². The van der Waals surface area contributed by atoms with Crippen molar-refractivity contribution in [1.82, 2.24) is 9.88 Å². The fraction of sp³-hybridized carbons (Fsp3) is 0.765. The zero-order valence-corrected chi connectivity index (χ0v) is 16.9. The fourth-order valence-corrected chi connectivity index (χ4v) is 5.11. The van der Waals surface area contributed by atoms with Crippen LogP contribution in [0, 0.1) is 5.41 Å². The highest BCUT2D eigenvalue weighted by atomic mass is 79.9. The SMILES string of the molecule is CC(C)(C)OC(=O)N1CCC2(CCC(O)(c3nc(Br)cs3)CC2)C1. The molecule has 1 aromatic heterocycles. The third kappa shape index (κ3) is 3.78. The van der Waals surface area contributed by atoms with Crippen LogP contribution < -0.4 is 0 Å². The molecule has 1 saturated heterocycles. The number of hydrogen-bond donors (Lipinski definition) is 1. The van der Waals surface area contributed by atoms with E-state index < -0.39 is 11.2 Å². The van der Waals surface area contributed by atoms with Crippen molar-refractivity contribution in [1.29, 1.82) is 0 Å². The lowest BCUT2D eigenvalue weighted by Gasteiger charge is -2.41. The number of ether oxygens (including phenoxy) is 1. The van der Waals surface area contributed by atoms with Gasteiger partial charge in [0.05, 0.1) is 0 Å². The zero-order valence-electron chi connectivity index (χ0n) is 14.5. The summed E-state index contributed by atoms with van der Waals surface area (Å²) in [7, 11) is 0. The largest absolute Gasteiger partial charge is 0.444 e. The van der Waals surface area contributed by atoms with E-state index in [1.807, 2.05) is 31.1 Å². The van der Waals surface area contributed by atoms with E-state index in [9.17, 15) is 9.90 Å². The van der Waals surface area contributed by atoms with E-state index >= 15 is 0 Å². The number of carbonyl (C=O) groups is 1. The summed E-state index contributed by atoms with van der Waals surface area (Å²) >= 11 is 4.87. The van der Waals surface area contributed by atoms with Crippen molar-refractivity contribution >= 4 is 33.4 Å². The third-order valence-corrected chi connectivity index (χ3v) is 6.85. The van der Waals surface area contributed by atoms with Gasteiger partial charge >= 0.3 is 6.09 Å². The van der Waals surface area contributed by atoms with Crippen LogP contribution in [0.5, 0.6) is 0 Å². The molecule has 2 fully saturated rings. The number of halogens is 1. The molecule has 134 valence electrons. The Hall–Kier alpha value is -0.660. The molecule has 1 spiro atoms. The Labute approximate surface area is 155 Å². The van der Waals surface area contributed by atoms with Crippen LogP contribution in [0.1, 0.15) is 57.9 Å². The predicted octanol–water partition coefficient (Wildman–Crippen LogP) is 4.29. The maximum absolute atomic E-state index is 12.3. The molecule has 0 unspecified atom stereocenters. The standard InChI is InChI=1S/C17H25BrN2O3S/c1-15(2,3)23-14(21)20-9-8-16(11-20)4-6-17(22,7-5-16)13-19-12(18)10-24-13/h10,22H,4-9,11H2,1-3H3. The van der Waals surface area contributed by atoms with Crippen molar-refractivity contribution < 1.29 is 14.6 Å². The van der Waals surface area contributed by atoms with Gasteiger partial charge in [0.2, 0.25) is 0 Å². The van der Waals surface area contributed by atoms with Crippen molar-refractivity contribution in [2.24, 2.45) is 5.41 Å². The summed E-state index contributed by atoms with van der Waals surface area (Å²) in [5, 5.41) is 13.7. The Morgan fingerprint density at radius 3 is 2.54 bits per heavy atom. The lowest BCUT2D eigenvalue weighted by Crippen LogP contribution is -2.40. The Morgan fingerprint density at radius 2 is 2.00 bits per heavy atom. The lowest BCUT2D eigenvalue weighted by molar-refractivity contribution is -0.0374. The molecular weight excluding hydrogens is 392 g/mol. The molecule has 1 aliphatic heterocycles. The van der Waals surface area contributed by atoms with Gasteiger partial charge in [0.1, 0.15) is 20.8 Å². The number of thiazole rings is 1. The first-order valence-electron chi connectivity index (χ1n) is 8.43. The third-order valence-electron chi connectivity index (χ3n) is 5.10. The molecule has 1 saturated carbocycles. The minimum atomic E-state index is -0.818. The second-order valence-corrected chi connectivity index (χ2v) is 9.83. The predicted molar refractivity (Wildman–Crippen MR) is 97.0 cm³/mol. The number of carbonyl (C=O) groups excluding carboxylic acids is 1. The van der Waals surface area contributed by atoms with Gasteiger partial charge in [-0.2, -0.15) is 0 Å². The van der Waals surface area contributed by atoms with Gasteiger partial charge in [-0.05, 0) is 74.2 Å². The molecule has 1 aromatic rings. The first kappa shape index (κ1) is 18.1. The molecule has 5 nitrogen and oxygen atoms in total. The molecule has 7 heteroatoms. The van der Waals surface area contributed by atoms with Crippen LogP contribution in [0.4, 0.5) is 4.79 Å². The van der Waals surface area contributed by atoms with Crippen LogP contribution in [0.2, 0.25) is 0 Å². The van der Waals surface area contributed by atoms with E-state index in [0.29, 0.717) is 12.8 Å². The monoisotopic (exact) mass is 416 g/mol. The number of amides is 1. The number of likely N-dealkylation sites (tertiary alicyclic amines) is 1. The summed E-state index contributed by atoms with van der Waals surface area (Å²) < 4.78 is 6.28. The summed E-state index contributed by atoms with van der Waals surface area (Å²) in [4.78, 5) is 18.5. The molecular formula is C17H25BrN2O3S. The highest BCUT2D eigenvalue weighted by molar-refractivity contribution is 9.10. The van der Waals surface area contributed by atoms with Gasteiger partial charge in [-0.1, -0.05) is 0 Å². The van der Waals surface area contributed by atoms with Gasteiger partial charge < -0.3 is 14.7 Å². The fourth-order valence-electron chi connectivity index (χ4n) is 3.70. The van der Waals surface area contributed by atoms with Gasteiger partial charge in [-0.3, -0.25) is 0 Å². The maximum Gasteiger partial charge on any atom is 0.410 e. The molecule has 1 amide bonds. The van der Waals surface area contributed by atoms with Crippen molar-refractivity contribution in [2.45, 2.75) is 64.1 Å². The zero-order chi connectivity index (χ0) is 17.6. The molecule has 2 heterocycles. The van der Waals surface area contributed by atoms with Gasteiger partial charge in [0, 0.05) is 18.5 Å². The number of aliphatic hydroxyl groups is 1. The Balaban J connectivity index is 1.61. The summed E-state index contributed by atoms with van der Waals surface area (Å²) in [6, 6.07) is 0. The smallest absolute Gasteiger partial charge is 0.410 e. The molecule has 0 atom stereocenters. The Morgan fingerprint density at radius 1 is 1.33 bits per heavy atom. The van der Waals surface area contributed by atoms with Crippen molar-refractivity contribution in [3.63, 3.8) is 0 Å². The van der Waals surface area contributed by atoms with Gasteiger partial charge in [0.25, 0.3) is 0 Å². The summed E-state index contributed by atoms with van der Waals surface area (Å²) in [5.74, 6) is 0. The van der Waals surface area contributed by atoms with Crippen molar-refractivity contribution in [2.75, 3.05) is 13.1 Å². The Bertz CT molecular complexity index is 618. The van der Waals surface area contributed by atoms with Crippen LogP contribution in [0.15, 0.2) is 9.98 Å². The van der Waals surface area contributed by atoms with E-state index in [1.165, 1.54) is 11.3 Å². The minimum absolute atomic E-state index is 0.123. The van der Waals surface area contributed by atoms with Crippen LogP contribution in [-0.2, 0) is 10.3 Å². The molecule has 0 radical (unpaired) electrons. The van der Waals surface area contributed by atoms with Gasteiger partial charge in [0.15, 0.2) is 0 Å². The average molecular weight is 417 g/mol. The summed E-state index contributed by atoms with van der Waals surface area (Å²) in [5.41, 5.74) is -1.16. The quantitative estimate of drug-likeness (QED) is 0.741. The van der Waals surface area contributed by atoms with E-state index in [2.05, 4.69) is 20.9 Å². The average Bonchev–Trinajstić information content (AvgIpc) is 3.09.